The topological polar surface area (TPSA) is 35.5 Å². The number of hydrogen-bond donors (Lipinski definition) is 0. The number of rotatable bonds is 7. The first-order valence-corrected chi connectivity index (χ1v) is 5.91. The third-order valence-corrected chi connectivity index (χ3v) is 2.68. The van der Waals surface area contributed by atoms with Gasteiger partial charge in [-0.25, -0.2) is 0 Å². The SMILES string of the molecule is COCCOCC(=O)Cc1ccc(Cl)cc1Cl. The lowest BCUT2D eigenvalue weighted by Crippen LogP contribution is -2.14. The van der Waals surface area contributed by atoms with Crippen LogP contribution in [-0.2, 0) is 20.7 Å². The van der Waals surface area contributed by atoms with Crippen LogP contribution in [0, 0.1) is 0 Å². The van der Waals surface area contributed by atoms with Gasteiger partial charge in [0.05, 0.1) is 13.2 Å². The van der Waals surface area contributed by atoms with E-state index in [0.717, 1.165) is 5.56 Å². The van der Waals surface area contributed by atoms with Crippen molar-refractivity contribution in [2.24, 2.45) is 0 Å². The second-order valence-corrected chi connectivity index (χ2v) is 4.34. The van der Waals surface area contributed by atoms with Crippen LogP contribution >= 0.6 is 23.2 Å². The molecule has 0 N–H and O–H groups in total. The minimum absolute atomic E-state index is 0.0228. The molecule has 0 atom stereocenters. The number of methoxy groups -OCH3 is 1. The molecule has 0 saturated carbocycles. The van der Waals surface area contributed by atoms with Crippen LogP contribution in [0.15, 0.2) is 18.2 Å². The highest BCUT2D eigenvalue weighted by Gasteiger charge is 2.07. The summed E-state index contributed by atoms with van der Waals surface area (Å²) >= 11 is 11.7. The Balaban J connectivity index is 2.40. The highest BCUT2D eigenvalue weighted by Crippen LogP contribution is 2.21. The molecule has 0 spiro atoms. The molecule has 5 heteroatoms. The number of halogens is 2. The summed E-state index contributed by atoms with van der Waals surface area (Å²) in [7, 11) is 1.58. The monoisotopic (exact) mass is 276 g/mol. The summed E-state index contributed by atoms with van der Waals surface area (Å²) in [5.41, 5.74) is 0.761. The molecule has 0 radical (unpaired) electrons. The van der Waals surface area contributed by atoms with Crippen LogP contribution in [0.1, 0.15) is 5.56 Å². The summed E-state index contributed by atoms with van der Waals surface area (Å²) in [4.78, 5) is 11.6. The average Bonchev–Trinajstić information content (AvgIpc) is 2.28. The van der Waals surface area contributed by atoms with Crippen LogP contribution in [0.3, 0.4) is 0 Å². The molecule has 0 aliphatic rings. The summed E-state index contributed by atoms with van der Waals surface area (Å²) in [5.74, 6) is -0.0228. The van der Waals surface area contributed by atoms with Crippen LogP contribution < -0.4 is 0 Å². The number of hydrogen-bond acceptors (Lipinski definition) is 3. The van der Waals surface area contributed by atoms with Crippen molar-refractivity contribution in [2.45, 2.75) is 6.42 Å². The fourth-order valence-electron chi connectivity index (χ4n) is 1.26. The zero-order chi connectivity index (χ0) is 12.7. The van der Waals surface area contributed by atoms with Crippen LogP contribution in [-0.4, -0.2) is 32.7 Å². The Hall–Kier alpha value is -0.610. The van der Waals surface area contributed by atoms with Gasteiger partial charge in [-0.2, -0.15) is 0 Å². The van der Waals surface area contributed by atoms with E-state index < -0.39 is 0 Å². The maximum absolute atomic E-state index is 11.6. The molecular weight excluding hydrogens is 263 g/mol. The molecule has 0 heterocycles. The molecule has 0 aliphatic carbocycles. The molecule has 0 bridgehead atoms. The van der Waals surface area contributed by atoms with Crippen molar-refractivity contribution in [3.8, 4) is 0 Å². The first-order valence-electron chi connectivity index (χ1n) is 5.16. The number of ether oxygens (including phenoxy) is 2. The van der Waals surface area contributed by atoms with Gasteiger partial charge in [0.15, 0.2) is 5.78 Å². The molecule has 0 saturated heterocycles. The number of Topliss-reactive ketones (excluding diaryl/α,β-unsaturated/α-hetero) is 1. The van der Waals surface area contributed by atoms with Crippen molar-refractivity contribution >= 4 is 29.0 Å². The molecule has 0 aliphatic heterocycles. The van der Waals surface area contributed by atoms with Gasteiger partial charge < -0.3 is 9.47 Å². The normalized spacial score (nSPS) is 10.5. The van der Waals surface area contributed by atoms with Crippen molar-refractivity contribution in [1.82, 2.24) is 0 Å². The lowest BCUT2D eigenvalue weighted by Gasteiger charge is -2.05. The number of benzene rings is 1. The fourth-order valence-corrected chi connectivity index (χ4v) is 1.73. The molecule has 17 heavy (non-hydrogen) atoms. The lowest BCUT2D eigenvalue weighted by atomic mass is 10.1. The maximum atomic E-state index is 11.6. The van der Waals surface area contributed by atoms with Gasteiger partial charge in [-0.1, -0.05) is 29.3 Å². The zero-order valence-electron chi connectivity index (χ0n) is 9.54. The number of carbonyl (C=O) groups excluding carboxylic acids is 1. The first-order chi connectivity index (χ1) is 8.13. The largest absolute Gasteiger partial charge is 0.382 e. The van der Waals surface area contributed by atoms with Gasteiger partial charge in [0.25, 0.3) is 0 Å². The lowest BCUT2D eigenvalue weighted by molar-refractivity contribution is -0.123. The van der Waals surface area contributed by atoms with E-state index >= 15 is 0 Å². The van der Waals surface area contributed by atoms with Crippen molar-refractivity contribution in [1.29, 1.82) is 0 Å². The van der Waals surface area contributed by atoms with Gasteiger partial charge in [-0.05, 0) is 17.7 Å². The number of ketones is 1. The number of carbonyl (C=O) groups is 1. The van der Waals surface area contributed by atoms with E-state index in [-0.39, 0.29) is 18.8 Å². The van der Waals surface area contributed by atoms with Crippen LogP contribution in [0.5, 0.6) is 0 Å². The van der Waals surface area contributed by atoms with Gasteiger partial charge in [-0.15, -0.1) is 0 Å². The Bertz CT molecular complexity index is 380. The molecule has 1 aromatic carbocycles. The van der Waals surface area contributed by atoms with Gasteiger partial charge in [0.1, 0.15) is 6.61 Å². The summed E-state index contributed by atoms with van der Waals surface area (Å²) in [6, 6.07) is 5.08. The van der Waals surface area contributed by atoms with E-state index in [1.165, 1.54) is 0 Å². The molecule has 0 unspecified atom stereocenters. The zero-order valence-corrected chi connectivity index (χ0v) is 11.1. The Morgan fingerprint density at radius 1 is 1.29 bits per heavy atom. The second kappa shape index (κ2) is 7.67. The smallest absolute Gasteiger partial charge is 0.162 e. The summed E-state index contributed by atoms with van der Waals surface area (Å²) in [6.45, 7) is 0.966. The summed E-state index contributed by atoms with van der Waals surface area (Å²) in [6.07, 6.45) is 0.253. The second-order valence-electron chi connectivity index (χ2n) is 3.50. The van der Waals surface area contributed by atoms with E-state index in [4.69, 9.17) is 32.7 Å². The highest BCUT2D eigenvalue weighted by atomic mass is 35.5. The Morgan fingerprint density at radius 2 is 2.06 bits per heavy atom. The predicted octanol–water partition coefficient (Wildman–Crippen LogP) is 2.77. The molecule has 94 valence electrons. The highest BCUT2D eigenvalue weighted by molar-refractivity contribution is 6.35. The van der Waals surface area contributed by atoms with Crippen molar-refractivity contribution in [3.05, 3.63) is 33.8 Å². The van der Waals surface area contributed by atoms with Crippen molar-refractivity contribution < 1.29 is 14.3 Å². The van der Waals surface area contributed by atoms with E-state index in [9.17, 15) is 4.79 Å². The Labute approximate surface area is 111 Å². The Kier molecular flexibility index (Phi) is 6.52. The third-order valence-electron chi connectivity index (χ3n) is 2.10. The Morgan fingerprint density at radius 3 is 2.71 bits per heavy atom. The van der Waals surface area contributed by atoms with E-state index in [1.807, 2.05) is 0 Å². The predicted molar refractivity (Wildman–Crippen MR) is 67.9 cm³/mol. The maximum Gasteiger partial charge on any atom is 0.162 e. The molecule has 0 fully saturated rings. The van der Waals surface area contributed by atoms with Gasteiger partial charge in [-0.3, -0.25) is 4.79 Å². The summed E-state index contributed by atoms with van der Waals surface area (Å²) in [5, 5.41) is 1.06. The van der Waals surface area contributed by atoms with E-state index in [0.29, 0.717) is 23.3 Å². The van der Waals surface area contributed by atoms with Crippen molar-refractivity contribution in [3.63, 3.8) is 0 Å². The van der Waals surface area contributed by atoms with Crippen LogP contribution in [0.25, 0.3) is 0 Å². The first kappa shape index (κ1) is 14.5. The van der Waals surface area contributed by atoms with E-state index in [1.54, 1.807) is 25.3 Å². The van der Waals surface area contributed by atoms with Crippen LogP contribution in [0.2, 0.25) is 10.0 Å². The van der Waals surface area contributed by atoms with Crippen LogP contribution in [0.4, 0.5) is 0 Å². The van der Waals surface area contributed by atoms with Crippen molar-refractivity contribution in [2.75, 3.05) is 26.9 Å². The minimum atomic E-state index is -0.0228. The molecule has 1 aromatic rings. The molecule has 0 amide bonds. The van der Waals surface area contributed by atoms with Gasteiger partial charge in [0.2, 0.25) is 0 Å². The molecule has 1 rings (SSSR count). The summed E-state index contributed by atoms with van der Waals surface area (Å²) < 4.78 is 9.93. The van der Waals surface area contributed by atoms with Gasteiger partial charge in [0, 0.05) is 23.6 Å². The quantitative estimate of drug-likeness (QED) is 0.719. The average molecular weight is 277 g/mol. The molecule has 0 aromatic heterocycles. The standard InChI is InChI=1S/C12H14Cl2O3/c1-16-4-5-17-8-11(15)6-9-2-3-10(13)7-12(9)14/h2-3,7H,4-6,8H2,1H3. The molecule has 3 nitrogen and oxygen atoms in total. The minimum Gasteiger partial charge on any atom is -0.382 e. The third kappa shape index (κ3) is 5.50. The molecular formula is C12H14Cl2O3. The van der Waals surface area contributed by atoms with Gasteiger partial charge >= 0.3 is 0 Å². The van der Waals surface area contributed by atoms with E-state index in [2.05, 4.69) is 0 Å². The fraction of sp³-hybridized carbons (Fsp3) is 0.417.